The summed E-state index contributed by atoms with van der Waals surface area (Å²) in [7, 11) is 4.46. The summed E-state index contributed by atoms with van der Waals surface area (Å²) in [5, 5.41) is 3.34. The van der Waals surface area contributed by atoms with Crippen LogP contribution >= 0.6 is 0 Å². The van der Waals surface area contributed by atoms with Gasteiger partial charge in [-0.15, -0.1) is 0 Å². The van der Waals surface area contributed by atoms with Gasteiger partial charge in [-0.1, -0.05) is 19.8 Å². The largest absolute Gasteiger partial charge is 0.319 e. The van der Waals surface area contributed by atoms with Gasteiger partial charge in [0, 0.05) is 12.1 Å². The SMILES string of the molecule is CNCC1CCC1N(C)C1CCCCC1C. The standard InChI is InChI=1S/C14H28N2/c1-11-6-4-5-7-13(11)16(3)14-9-8-12(14)10-15-2/h11-15H,4-10H2,1-3H3. The van der Waals surface area contributed by atoms with Crippen LogP contribution in [0.25, 0.3) is 0 Å². The summed E-state index contributed by atoms with van der Waals surface area (Å²) in [4.78, 5) is 2.72. The van der Waals surface area contributed by atoms with Crippen LogP contribution in [-0.2, 0) is 0 Å². The summed E-state index contributed by atoms with van der Waals surface area (Å²) in [6, 6.07) is 1.72. The van der Waals surface area contributed by atoms with E-state index in [9.17, 15) is 0 Å². The van der Waals surface area contributed by atoms with Crippen molar-refractivity contribution in [2.75, 3.05) is 20.6 Å². The normalized spacial score (nSPS) is 39.8. The lowest BCUT2D eigenvalue weighted by atomic mass is 9.75. The zero-order valence-corrected chi connectivity index (χ0v) is 11.2. The zero-order valence-electron chi connectivity index (χ0n) is 11.2. The first-order valence-electron chi connectivity index (χ1n) is 7.10. The highest BCUT2D eigenvalue weighted by Crippen LogP contribution is 2.36. The van der Waals surface area contributed by atoms with Gasteiger partial charge in [-0.3, -0.25) is 4.90 Å². The van der Waals surface area contributed by atoms with Gasteiger partial charge in [0.25, 0.3) is 0 Å². The molecule has 2 fully saturated rings. The molecule has 0 radical (unpaired) electrons. The van der Waals surface area contributed by atoms with Crippen molar-refractivity contribution in [3.63, 3.8) is 0 Å². The smallest absolute Gasteiger partial charge is 0.0136 e. The maximum Gasteiger partial charge on any atom is 0.0136 e. The van der Waals surface area contributed by atoms with Crippen molar-refractivity contribution in [2.45, 2.75) is 57.5 Å². The van der Waals surface area contributed by atoms with Crippen LogP contribution in [0.3, 0.4) is 0 Å². The Hall–Kier alpha value is -0.0800. The molecule has 4 atom stereocenters. The summed E-state index contributed by atoms with van der Waals surface area (Å²) in [5.41, 5.74) is 0. The molecule has 0 spiro atoms. The number of nitrogens with zero attached hydrogens (tertiary/aromatic N) is 1. The van der Waals surface area contributed by atoms with Crippen LogP contribution in [0, 0.1) is 11.8 Å². The van der Waals surface area contributed by atoms with E-state index in [0.717, 1.165) is 23.9 Å². The van der Waals surface area contributed by atoms with Crippen molar-refractivity contribution < 1.29 is 0 Å². The molecule has 0 aliphatic heterocycles. The molecule has 2 nitrogen and oxygen atoms in total. The summed E-state index contributed by atoms with van der Waals surface area (Å²) < 4.78 is 0. The lowest BCUT2D eigenvalue weighted by Gasteiger charge is -2.48. The molecule has 1 N–H and O–H groups in total. The second-order valence-electron chi connectivity index (χ2n) is 5.96. The molecular weight excluding hydrogens is 196 g/mol. The Kier molecular flexibility index (Phi) is 4.26. The molecule has 0 aromatic rings. The second kappa shape index (κ2) is 5.50. The average molecular weight is 224 g/mol. The fourth-order valence-electron chi connectivity index (χ4n) is 3.74. The summed E-state index contributed by atoms with van der Waals surface area (Å²) >= 11 is 0. The van der Waals surface area contributed by atoms with Crippen molar-refractivity contribution in [2.24, 2.45) is 11.8 Å². The molecule has 0 amide bonds. The van der Waals surface area contributed by atoms with Crippen molar-refractivity contribution in [1.82, 2.24) is 10.2 Å². The minimum absolute atomic E-state index is 0.859. The number of rotatable bonds is 4. The van der Waals surface area contributed by atoms with Crippen molar-refractivity contribution >= 4 is 0 Å². The lowest BCUT2D eigenvalue weighted by Crippen LogP contribution is -2.54. The van der Waals surface area contributed by atoms with E-state index in [2.05, 4.69) is 31.2 Å². The third-order valence-electron chi connectivity index (χ3n) is 4.96. The topological polar surface area (TPSA) is 15.3 Å². The van der Waals surface area contributed by atoms with Crippen LogP contribution in [0.2, 0.25) is 0 Å². The molecule has 0 heterocycles. The molecule has 16 heavy (non-hydrogen) atoms. The van der Waals surface area contributed by atoms with Crippen LogP contribution in [0.1, 0.15) is 45.4 Å². The summed E-state index contributed by atoms with van der Waals surface area (Å²) in [5.74, 6) is 1.82. The Morgan fingerprint density at radius 3 is 2.38 bits per heavy atom. The molecule has 2 heteroatoms. The van der Waals surface area contributed by atoms with E-state index in [1.165, 1.54) is 45.1 Å². The van der Waals surface area contributed by atoms with Gasteiger partial charge in [-0.25, -0.2) is 0 Å². The van der Waals surface area contributed by atoms with Gasteiger partial charge >= 0.3 is 0 Å². The van der Waals surface area contributed by atoms with Crippen molar-refractivity contribution in [3.8, 4) is 0 Å². The van der Waals surface area contributed by atoms with Crippen LogP contribution in [0.15, 0.2) is 0 Å². The molecule has 2 aliphatic rings. The predicted octanol–water partition coefficient (Wildman–Crippen LogP) is 2.49. The first kappa shape index (κ1) is 12.4. The molecule has 0 aromatic carbocycles. The highest BCUT2D eigenvalue weighted by Gasteiger charge is 2.37. The Morgan fingerprint density at radius 2 is 1.81 bits per heavy atom. The number of nitrogens with one attached hydrogen (secondary N) is 1. The third-order valence-corrected chi connectivity index (χ3v) is 4.96. The Bertz CT molecular complexity index is 217. The number of hydrogen-bond acceptors (Lipinski definition) is 2. The predicted molar refractivity (Wildman–Crippen MR) is 69.6 cm³/mol. The van der Waals surface area contributed by atoms with E-state index in [4.69, 9.17) is 0 Å². The quantitative estimate of drug-likeness (QED) is 0.789. The molecule has 2 saturated carbocycles. The van der Waals surface area contributed by atoms with Gasteiger partial charge in [0.05, 0.1) is 0 Å². The molecule has 4 unspecified atom stereocenters. The van der Waals surface area contributed by atoms with Crippen LogP contribution in [-0.4, -0.2) is 37.6 Å². The molecule has 2 rings (SSSR count). The van der Waals surface area contributed by atoms with Crippen molar-refractivity contribution in [1.29, 1.82) is 0 Å². The Balaban J connectivity index is 1.88. The summed E-state index contributed by atoms with van der Waals surface area (Å²) in [6.07, 6.45) is 8.63. The van der Waals surface area contributed by atoms with Gasteiger partial charge in [-0.2, -0.15) is 0 Å². The van der Waals surface area contributed by atoms with E-state index in [-0.39, 0.29) is 0 Å². The fourth-order valence-corrected chi connectivity index (χ4v) is 3.74. The maximum absolute atomic E-state index is 3.34. The number of hydrogen-bond donors (Lipinski definition) is 1. The highest BCUT2D eigenvalue weighted by molar-refractivity contribution is 4.93. The first-order valence-corrected chi connectivity index (χ1v) is 7.10. The first-order chi connectivity index (χ1) is 7.74. The molecule has 94 valence electrons. The monoisotopic (exact) mass is 224 g/mol. The van der Waals surface area contributed by atoms with Gasteiger partial charge < -0.3 is 5.32 Å². The molecule has 0 saturated heterocycles. The van der Waals surface area contributed by atoms with E-state index in [0.29, 0.717) is 0 Å². The van der Waals surface area contributed by atoms with Crippen LogP contribution < -0.4 is 5.32 Å². The fraction of sp³-hybridized carbons (Fsp3) is 1.00. The van der Waals surface area contributed by atoms with Gasteiger partial charge in [0.15, 0.2) is 0 Å². The molecule has 0 bridgehead atoms. The van der Waals surface area contributed by atoms with Crippen LogP contribution in [0.4, 0.5) is 0 Å². The minimum atomic E-state index is 0.859. The highest BCUT2D eigenvalue weighted by atomic mass is 15.2. The minimum Gasteiger partial charge on any atom is -0.319 e. The Labute approximate surface area is 101 Å². The second-order valence-corrected chi connectivity index (χ2v) is 5.96. The molecule has 2 aliphatic carbocycles. The van der Waals surface area contributed by atoms with Crippen molar-refractivity contribution in [3.05, 3.63) is 0 Å². The van der Waals surface area contributed by atoms with E-state index in [1.54, 1.807) is 0 Å². The summed E-state index contributed by atoms with van der Waals surface area (Å²) in [6.45, 7) is 3.65. The Morgan fingerprint density at radius 1 is 1.06 bits per heavy atom. The third kappa shape index (κ3) is 2.43. The average Bonchev–Trinajstić information content (AvgIpc) is 2.25. The molecule has 0 aromatic heterocycles. The zero-order chi connectivity index (χ0) is 11.5. The van der Waals surface area contributed by atoms with Gasteiger partial charge in [0.1, 0.15) is 0 Å². The van der Waals surface area contributed by atoms with E-state index in [1.807, 2.05) is 0 Å². The maximum atomic E-state index is 3.34. The lowest BCUT2D eigenvalue weighted by molar-refractivity contribution is 0.0171. The van der Waals surface area contributed by atoms with Gasteiger partial charge in [-0.05, 0) is 58.2 Å². The van der Waals surface area contributed by atoms with E-state index < -0.39 is 0 Å². The van der Waals surface area contributed by atoms with Gasteiger partial charge in [0.2, 0.25) is 0 Å². The van der Waals surface area contributed by atoms with Crippen LogP contribution in [0.5, 0.6) is 0 Å². The molecular formula is C14H28N2. The van der Waals surface area contributed by atoms with E-state index >= 15 is 0 Å².